The van der Waals surface area contributed by atoms with Crippen molar-refractivity contribution in [3.63, 3.8) is 0 Å². The Morgan fingerprint density at radius 1 is 1.65 bits per heavy atom. The van der Waals surface area contributed by atoms with Gasteiger partial charge in [0.2, 0.25) is 5.91 Å². The zero-order valence-corrected chi connectivity index (χ0v) is 11.4. The van der Waals surface area contributed by atoms with Crippen molar-refractivity contribution in [1.82, 2.24) is 15.2 Å². The van der Waals surface area contributed by atoms with Gasteiger partial charge in [0.1, 0.15) is 0 Å². The summed E-state index contributed by atoms with van der Waals surface area (Å²) in [5.74, 6) is 0.227. The molecule has 1 saturated heterocycles. The summed E-state index contributed by atoms with van der Waals surface area (Å²) < 4.78 is 0. The molecule has 17 heavy (non-hydrogen) atoms. The Bertz CT molecular complexity index is 402. The zero-order valence-electron chi connectivity index (χ0n) is 10.6. The van der Waals surface area contributed by atoms with Crippen LogP contribution in [0.5, 0.6) is 0 Å². The second-order valence-electron chi connectivity index (χ2n) is 4.77. The predicted molar refractivity (Wildman–Crippen MR) is 68.9 cm³/mol. The first-order valence-corrected chi connectivity index (χ1v) is 6.84. The van der Waals surface area contributed by atoms with E-state index < -0.39 is 0 Å². The minimum absolute atomic E-state index is 0.00372. The van der Waals surface area contributed by atoms with Crippen molar-refractivity contribution in [1.29, 1.82) is 0 Å². The molecule has 0 radical (unpaired) electrons. The molecule has 5 heteroatoms. The first-order chi connectivity index (χ1) is 8.06. The molecular weight excluding hydrogens is 234 g/mol. The van der Waals surface area contributed by atoms with Crippen molar-refractivity contribution in [3.8, 4) is 0 Å². The summed E-state index contributed by atoms with van der Waals surface area (Å²) in [6.07, 6.45) is 2.78. The van der Waals surface area contributed by atoms with Crippen molar-refractivity contribution < 1.29 is 4.79 Å². The number of nitrogens with zero attached hydrogens (tertiary/aromatic N) is 2. The SMILES string of the molecule is Cc1ncc(CN2CCC(NC(C)C)C2=O)s1. The predicted octanol–water partition coefficient (Wildman–Crippen LogP) is 1.55. The van der Waals surface area contributed by atoms with Crippen LogP contribution in [0.1, 0.15) is 30.2 Å². The van der Waals surface area contributed by atoms with Crippen molar-refractivity contribution >= 4 is 17.2 Å². The Labute approximate surface area is 106 Å². The zero-order chi connectivity index (χ0) is 12.4. The van der Waals surface area contributed by atoms with Crippen LogP contribution in [-0.4, -0.2) is 34.4 Å². The van der Waals surface area contributed by atoms with Gasteiger partial charge in [-0.3, -0.25) is 4.79 Å². The number of rotatable bonds is 4. The molecule has 1 fully saturated rings. The van der Waals surface area contributed by atoms with E-state index in [9.17, 15) is 4.79 Å². The highest BCUT2D eigenvalue weighted by Gasteiger charge is 2.31. The lowest BCUT2D eigenvalue weighted by molar-refractivity contribution is -0.130. The summed E-state index contributed by atoms with van der Waals surface area (Å²) in [5.41, 5.74) is 0. The van der Waals surface area contributed by atoms with Crippen LogP contribution in [0.25, 0.3) is 0 Å². The van der Waals surface area contributed by atoms with Gasteiger partial charge in [0, 0.05) is 23.7 Å². The molecule has 0 aliphatic carbocycles. The molecule has 1 aromatic rings. The minimum Gasteiger partial charge on any atom is -0.336 e. The van der Waals surface area contributed by atoms with E-state index in [2.05, 4.69) is 24.1 Å². The summed E-state index contributed by atoms with van der Waals surface area (Å²) >= 11 is 1.67. The molecule has 1 N–H and O–H groups in total. The van der Waals surface area contributed by atoms with Gasteiger partial charge in [-0.1, -0.05) is 13.8 Å². The van der Waals surface area contributed by atoms with Gasteiger partial charge in [-0.15, -0.1) is 11.3 Å². The van der Waals surface area contributed by atoms with Gasteiger partial charge in [-0.05, 0) is 13.3 Å². The van der Waals surface area contributed by atoms with Crippen LogP contribution >= 0.6 is 11.3 Å². The maximum Gasteiger partial charge on any atom is 0.240 e. The molecular formula is C12H19N3OS. The van der Waals surface area contributed by atoms with Crippen molar-refractivity contribution in [2.24, 2.45) is 0 Å². The second kappa shape index (κ2) is 5.14. The van der Waals surface area contributed by atoms with Gasteiger partial charge >= 0.3 is 0 Å². The third-order valence-corrected chi connectivity index (χ3v) is 3.75. The fourth-order valence-corrected chi connectivity index (χ4v) is 2.93. The van der Waals surface area contributed by atoms with Crippen LogP contribution in [0.2, 0.25) is 0 Å². The molecule has 2 rings (SSSR count). The minimum atomic E-state index is 0.00372. The first-order valence-electron chi connectivity index (χ1n) is 6.02. The van der Waals surface area contributed by atoms with E-state index in [0.717, 1.165) is 18.0 Å². The van der Waals surface area contributed by atoms with E-state index in [0.29, 0.717) is 12.6 Å². The fourth-order valence-electron chi connectivity index (χ4n) is 2.12. The molecule has 1 amide bonds. The number of hydrogen-bond donors (Lipinski definition) is 1. The molecule has 2 heterocycles. The number of hydrogen-bond acceptors (Lipinski definition) is 4. The topological polar surface area (TPSA) is 45.2 Å². The lowest BCUT2D eigenvalue weighted by Gasteiger charge is -2.17. The third kappa shape index (κ3) is 3.04. The molecule has 1 unspecified atom stereocenters. The standard InChI is InChI=1S/C12H19N3OS/c1-8(2)14-11-4-5-15(12(11)16)7-10-6-13-9(3)17-10/h6,8,11,14H,4-5,7H2,1-3H3. The highest BCUT2D eigenvalue weighted by atomic mass is 32.1. The number of carbonyl (C=O) groups excluding carboxylic acids is 1. The van der Waals surface area contributed by atoms with E-state index in [1.54, 1.807) is 11.3 Å². The molecule has 0 spiro atoms. The maximum absolute atomic E-state index is 12.1. The summed E-state index contributed by atoms with van der Waals surface area (Å²) in [7, 11) is 0. The van der Waals surface area contributed by atoms with Gasteiger partial charge in [-0.25, -0.2) is 4.98 Å². The molecule has 1 aromatic heterocycles. The molecule has 1 atom stereocenters. The highest BCUT2D eigenvalue weighted by Crippen LogP contribution is 2.19. The summed E-state index contributed by atoms with van der Waals surface area (Å²) in [6.45, 7) is 7.69. The first kappa shape index (κ1) is 12.5. The van der Waals surface area contributed by atoms with Crippen LogP contribution in [0.15, 0.2) is 6.20 Å². The molecule has 1 aliphatic heterocycles. The van der Waals surface area contributed by atoms with E-state index in [1.807, 2.05) is 18.0 Å². The smallest absolute Gasteiger partial charge is 0.240 e. The molecule has 94 valence electrons. The average Bonchev–Trinajstić information content (AvgIpc) is 2.79. The summed E-state index contributed by atoms with van der Waals surface area (Å²) in [4.78, 5) is 19.4. The van der Waals surface area contributed by atoms with E-state index in [4.69, 9.17) is 0 Å². The number of carbonyl (C=O) groups is 1. The fraction of sp³-hybridized carbons (Fsp3) is 0.667. The van der Waals surface area contributed by atoms with Gasteiger partial charge in [0.15, 0.2) is 0 Å². The molecule has 0 aromatic carbocycles. The number of aryl methyl sites for hydroxylation is 1. The molecule has 0 bridgehead atoms. The Balaban J connectivity index is 1.93. The Morgan fingerprint density at radius 2 is 2.41 bits per heavy atom. The van der Waals surface area contributed by atoms with E-state index in [-0.39, 0.29) is 11.9 Å². The van der Waals surface area contributed by atoms with Crippen LogP contribution in [0.4, 0.5) is 0 Å². The lowest BCUT2D eigenvalue weighted by Crippen LogP contribution is -2.41. The molecule has 4 nitrogen and oxygen atoms in total. The second-order valence-corrected chi connectivity index (χ2v) is 6.09. The monoisotopic (exact) mass is 253 g/mol. The van der Waals surface area contributed by atoms with Crippen LogP contribution in [0, 0.1) is 6.92 Å². The number of aromatic nitrogens is 1. The third-order valence-electron chi connectivity index (χ3n) is 2.85. The van der Waals surface area contributed by atoms with E-state index >= 15 is 0 Å². The number of likely N-dealkylation sites (tertiary alicyclic amines) is 1. The maximum atomic E-state index is 12.1. The van der Waals surface area contributed by atoms with Crippen LogP contribution in [-0.2, 0) is 11.3 Å². The Morgan fingerprint density at radius 3 is 3.00 bits per heavy atom. The summed E-state index contributed by atoms with van der Waals surface area (Å²) in [6, 6.07) is 0.360. The van der Waals surface area contributed by atoms with Gasteiger partial charge < -0.3 is 10.2 Å². The molecule has 1 aliphatic rings. The van der Waals surface area contributed by atoms with Gasteiger partial charge in [-0.2, -0.15) is 0 Å². The lowest BCUT2D eigenvalue weighted by atomic mass is 10.2. The Kier molecular flexibility index (Phi) is 3.79. The number of nitrogens with one attached hydrogen (secondary N) is 1. The van der Waals surface area contributed by atoms with Crippen LogP contribution < -0.4 is 5.32 Å². The van der Waals surface area contributed by atoms with Crippen molar-refractivity contribution in [2.75, 3.05) is 6.54 Å². The average molecular weight is 253 g/mol. The van der Waals surface area contributed by atoms with Crippen molar-refractivity contribution in [2.45, 2.75) is 45.8 Å². The number of amides is 1. The van der Waals surface area contributed by atoms with Gasteiger partial charge in [0.25, 0.3) is 0 Å². The Hall–Kier alpha value is -0.940. The van der Waals surface area contributed by atoms with E-state index in [1.165, 1.54) is 4.88 Å². The van der Waals surface area contributed by atoms with Crippen LogP contribution in [0.3, 0.4) is 0 Å². The largest absolute Gasteiger partial charge is 0.336 e. The normalized spacial score (nSPS) is 20.6. The summed E-state index contributed by atoms with van der Waals surface area (Å²) in [5, 5.41) is 4.37. The highest BCUT2D eigenvalue weighted by molar-refractivity contribution is 7.11. The van der Waals surface area contributed by atoms with Gasteiger partial charge in [0.05, 0.1) is 17.6 Å². The quantitative estimate of drug-likeness (QED) is 0.885. The number of thiazole rings is 1. The molecule has 0 saturated carbocycles. The van der Waals surface area contributed by atoms with Crippen molar-refractivity contribution in [3.05, 3.63) is 16.1 Å².